The Morgan fingerprint density at radius 1 is 1.38 bits per heavy atom. The first-order valence-corrected chi connectivity index (χ1v) is 10.1. The Hall–Kier alpha value is -0.540. The highest BCUT2D eigenvalue weighted by molar-refractivity contribution is 14.0. The maximum Gasteiger partial charge on any atom is 0.191 e. The number of nitrogens with zero attached hydrogens (tertiary/aromatic N) is 1. The van der Waals surface area contributed by atoms with Gasteiger partial charge < -0.3 is 15.4 Å². The van der Waals surface area contributed by atoms with E-state index < -0.39 is 0 Å². The van der Waals surface area contributed by atoms with Gasteiger partial charge in [-0.1, -0.05) is 26.0 Å². The molecule has 3 rings (SSSR count). The number of nitrogens with one attached hydrogen (secondary N) is 2. The lowest BCUT2D eigenvalue weighted by molar-refractivity contribution is -0.106. The van der Waals surface area contributed by atoms with Gasteiger partial charge in [0.25, 0.3) is 0 Å². The van der Waals surface area contributed by atoms with Gasteiger partial charge in [0, 0.05) is 41.2 Å². The molecule has 0 spiro atoms. The summed E-state index contributed by atoms with van der Waals surface area (Å²) in [6.45, 7) is 8.92. The molecule has 1 aromatic rings. The molecule has 4 nitrogen and oxygen atoms in total. The second-order valence-electron chi connectivity index (χ2n) is 7.23. The van der Waals surface area contributed by atoms with Crippen LogP contribution in [0.4, 0.5) is 4.39 Å². The van der Waals surface area contributed by atoms with Crippen LogP contribution in [0.15, 0.2) is 34.2 Å². The maximum atomic E-state index is 13.6. The second kappa shape index (κ2) is 9.59. The quantitative estimate of drug-likeness (QED) is 0.208. The fraction of sp³-hybridized carbons (Fsp3) is 0.632. The number of hydrogen-bond donors (Lipinski definition) is 2. The summed E-state index contributed by atoms with van der Waals surface area (Å²) < 4.78 is 19.5. The van der Waals surface area contributed by atoms with E-state index in [1.54, 1.807) is 6.07 Å². The number of guanidine groups is 1. The zero-order valence-electron chi connectivity index (χ0n) is 15.6. The van der Waals surface area contributed by atoms with Gasteiger partial charge in [0.1, 0.15) is 5.82 Å². The number of fused-ring (bicyclic) bond motifs is 1. The van der Waals surface area contributed by atoms with Crippen LogP contribution in [0.3, 0.4) is 0 Å². The molecule has 0 aromatic heterocycles. The third kappa shape index (κ3) is 4.65. The molecule has 2 aliphatic rings. The SMILES string of the molecule is CCNC(=NCCSc1ccccc1F)NC1C2CCOC2C1(C)C.I. The predicted octanol–water partition coefficient (Wildman–Crippen LogP) is 3.90. The van der Waals surface area contributed by atoms with Crippen molar-refractivity contribution in [2.45, 2.75) is 44.2 Å². The lowest BCUT2D eigenvalue weighted by Gasteiger charge is -2.54. The van der Waals surface area contributed by atoms with Crippen molar-refractivity contribution in [1.82, 2.24) is 10.6 Å². The molecule has 3 unspecified atom stereocenters. The molecule has 1 saturated heterocycles. The normalized spacial score (nSPS) is 26.5. The number of ether oxygens (including phenoxy) is 1. The highest BCUT2D eigenvalue weighted by Crippen LogP contribution is 2.52. The largest absolute Gasteiger partial charge is 0.377 e. The average Bonchev–Trinajstić information content (AvgIpc) is 3.05. The lowest BCUT2D eigenvalue weighted by Crippen LogP contribution is -2.68. The van der Waals surface area contributed by atoms with Crippen LogP contribution in [-0.4, -0.2) is 43.6 Å². The molecule has 1 saturated carbocycles. The summed E-state index contributed by atoms with van der Waals surface area (Å²) in [5.74, 6) is 2.01. The minimum atomic E-state index is -0.162. The zero-order valence-corrected chi connectivity index (χ0v) is 18.8. The Balaban J connectivity index is 0.00000243. The van der Waals surface area contributed by atoms with Crippen molar-refractivity contribution in [3.63, 3.8) is 0 Å². The van der Waals surface area contributed by atoms with Crippen molar-refractivity contribution in [2.24, 2.45) is 16.3 Å². The summed E-state index contributed by atoms with van der Waals surface area (Å²) in [5.41, 5.74) is 0.124. The van der Waals surface area contributed by atoms with Crippen molar-refractivity contribution in [2.75, 3.05) is 25.4 Å². The monoisotopic (exact) mass is 493 g/mol. The van der Waals surface area contributed by atoms with E-state index in [0.717, 1.165) is 31.3 Å². The predicted molar refractivity (Wildman–Crippen MR) is 117 cm³/mol. The average molecular weight is 493 g/mol. The number of aliphatic imine (C=N–C) groups is 1. The third-order valence-electron chi connectivity index (χ3n) is 5.19. The molecule has 2 fully saturated rings. The first-order valence-electron chi connectivity index (χ1n) is 9.07. The Labute approximate surface area is 177 Å². The van der Waals surface area contributed by atoms with Crippen LogP contribution in [0.1, 0.15) is 27.2 Å². The summed E-state index contributed by atoms with van der Waals surface area (Å²) >= 11 is 1.50. The van der Waals surface area contributed by atoms with E-state index in [1.807, 2.05) is 12.1 Å². The molecule has 146 valence electrons. The van der Waals surface area contributed by atoms with Gasteiger partial charge in [-0.05, 0) is 25.5 Å². The number of rotatable bonds is 6. The first kappa shape index (κ1) is 21.8. The summed E-state index contributed by atoms with van der Waals surface area (Å²) in [4.78, 5) is 5.35. The Kier molecular flexibility index (Phi) is 8.03. The fourth-order valence-electron chi connectivity index (χ4n) is 3.96. The standard InChI is InChI=1S/C19H28FN3OS.HI/c1-4-21-18(22-10-12-25-15-8-6-5-7-14(15)20)23-16-13-9-11-24-17(13)19(16,2)3;/h5-8,13,16-17H,4,9-12H2,1-3H3,(H2,21,22,23);1H. The smallest absolute Gasteiger partial charge is 0.191 e. The van der Waals surface area contributed by atoms with Crippen LogP contribution in [0.2, 0.25) is 0 Å². The van der Waals surface area contributed by atoms with Gasteiger partial charge >= 0.3 is 0 Å². The Bertz CT molecular complexity index is 629. The fourth-order valence-corrected chi connectivity index (χ4v) is 4.74. The first-order chi connectivity index (χ1) is 12.0. The van der Waals surface area contributed by atoms with E-state index in [9.17, 15) is 4.39 Å². The van der Waals surface area contributed by atoms with Crippen LogP contribution in [0.25, 0.3) is 0 Å². The summed E-state index contributed by atoms with van der Waals surface area (Å²) in [5, 5.41) is 6.93. The number of halogens is 2. The van der Waals surface area contributed by atoms with Gasteiger partial charge in [0.15, 0.2) is 5.96 Å². The highest BCUT2D eigenvalue weighted by atomic mass is 127. The maximum absolute atomic E-state index is 13.6. The summed E-state index contributed by atoms with van der Waals surface area (Å²) in [7, 11) is 0. The van der Waals surface area contributed by atoms with Crippen LogP contribution < -0.4 is 10.6 Å². The van der Waals surface area contributed by atoms with E-state index in [4.69, 9.17) is 4.74 Å². The van der Waals surface area contributed by atoms with Crippen molar-refractivity contribution in [3.8, 4) is 0 Å². The van der Waals surface area contributed by atoms with Crippen LogP contribution in [0, 0.1) is 17.2 Å². The molecule has 1 aromatic carbocycles. The van der Waals surface area contributed by atoms with Gasteiger partial charge in [-0.25, -0.2) is 4.39 Å². The molecule has 1 aliphatic heterocycles. The van der Waals surface area contributed by atoms with Gasteiger partial charge in [-0.2, -0.15) is 0 Å². The van der Waals surface area contributed by atoms with E-state index in [-0.39, 0.29) is 35.2 Å². The van der Waals surface area contributed by atoms with Crippen molar-refractivity contribution in [1.29, 1.82) is 0 Å². The highest BCUT2D eigenvalue weighted by Gasteiger charge is 2.59. The molecule has 2 N–H and O–H groups in total. The Morgan fingerprint density at radius 3 is 2.88 bits per heavy atom. The van der Waals surface area contributed by atoms with Gasteiger partial charge in [0.2, 0.25) is 0 Å². The molecule has 3 atom stereocenters. The molecular weight excluding hydrogens is 464 g/mol. The molecule has 0 bridgehead atoms. The van der Waals surface area contributed by atoms with Crippen molar-refractivity contribution >= 4 is 41.7 Å². The molecule has 1 heterocycles. The summed E-state index contributed by atoms with van der Waals surface area (Å²) in [6, 6.07) is 7.27. The molecule has 26 heavy (non-hydrogen) atoms. The number of hydrogen-bond acceptors (Lipinski definition) is 3. The van der Waals surface area contributed by atoms with Crippen LogP contribution >= 0.6 is 35.7 Å². The van der Waals surface area contributed by atoms with Crippen molar-refractivity contribution in [3.05, 3.63) is 30.1 Å². The molecule has 0 amide bonds. The minimum Gasteiger partial charge on any atom is -0.377 e. The molecule has 1 aliphatic carbocycles. The van der Waals surface area contributed by atoms with Gasteiger partial charge in [-0.15, -0.1) is 35.7 Å². The van der Waals surface area contributed by atoms with E-state index in [2.05, 4.69) is 36.4 Å². The molecular formula is C19H29FIN3OS. The second-order valence-corrected chi connectivity index (χ2v) is 8.36. The van der Waals surface area contributed by atoms with Crippen LogP contribution in [0.5, 0.6) is 0 Å². The van der Waals surface area contributed by atoms with Crippen molar-refractivity contribution < 1.29 is 9.13 Å². The molecule has 7 heteroatoms. The molecule has 0 radical (unpaired) electrons. The number of thioether (sulfide) groups is 1. The Morgan fingerprint density at radius 2 is 2.15 bits per heavy atom. The van der Waals surface area contributed by atoms with Crippen LogP contribution in [-0.2, 0) is 4.74 Å². The third-order valence-corrected chi connectivity index (χ3v) is 6.22. The van der Waals surface area contributed by atoms with Gasteiger partial charge in [-0.3, -0.25) is 4.99 Å². The summed E-state index contributed by atoms with van der Waals surface area (Å²) in [6.07, 6.45) is 1.48. The minimum absolute atomic E-state index is 0. The topological polar surface area (TPSA) is 45.7 Å². The lowest BCUT2D eigenvalue weighted by atomic mass is 9.57. The van der Waals surface area contributed by atoms with E-state index >= 15 is 0 Å². The van der Waals surface area contributed by atoms with E-state index in [0.29, 0.717) is 29.5 Å². The van der Waals surface area contributed by atoms with E-state index in [1.165, 1.54) is 17.8 Å². The zero-order chi connectivity index (χ0) is 17.9. The number of benzene rings is 1. The van der Waals surface area contributed by atoms with Gasteiger partial charge in [0.05, 0.1) is 12.6 Å².